The number of primary amides is 1. The maximum atomic E-state index is 12.2. The Hall–Kier alpha value is -2.38. The van der Waals surface area contributed by atoms with Crippen molar-refractivity contribution in [1.82, 2.24) is 4.90 Å². The number of amidine groups is 1. The summed E-state index contributed by atoms with van der Waals surface area (Å²) < 4.78 is 36.6. The average molecular weight is 287 g/mol. The minimum Gasteiger partial charge on any atom is -0.351 e. The molecule has 0 bridgehead atoms. The lowest BCUT2D eigenvalue weighted by atomic mass is 10.1. The van der Waals surface area contributed by atoms with Gasteiger partial charge in [-0.3, -0.25) is 15.1 Å². The Kier molecular flexibility index (Phi) is 4.49. The number of halogens is 3. The molecule has 0 saturated carbocycles. The summed E-state index contributed by atoms with van der Waals surface area (Å²) in [4.78, 5) is 22.3. The van der Waals surface area contributed by atoms with Crippen molar-refractivity contribution in [2.45, 2.75) is 13.1 Å². The lowest BCUT2D eigenvalue weighted by Crippen LogP contribution is -2.46. The number of ketones is 1. The van der Waals surface area contributed by atoms with Crippen molar-refractivity contribution in [1.29, 1.82) is 5.41 Å². The Labute approximate surface area is 112 Å². The number of aryl methyl sites for hydroxylation is 1. The number of nitrogens with zero attached hydrogens (tertiary/aromatic N) is 1. The van der Waals surface area contributed by atoms with Crippen LogP contribution >= 0.6 is 0 Å². The summed E-state index contributed by atoms with van der Waals surface area (Å²) in [5.41, 5.74) is 5.98. The second kappa shape index (κ2) is 5.72. The number of nitrogens with one attached hydrogen (secondary N) is 1. The number of alkyl halides is 3. The summed E-state index contributed by atoms with van der Waals surface area (Å²) in [6, 6.07) is 4.84. The minimum absolute atomic E-state index is 0.185. The monoisotopic (exact) mass is 287 g/mol. The molecule has 0 saturated heterocycles. The van der Waals surface area contributed by atoms with Crippen molar-refractivity contribution in [2.75, 3.05) is 6.54 Å². The highest BCUT2D eigenvalue weighted by Gasteiger charge is 2.40. The Morgan fingerprint density at radius 1 is 1.25 bits per heavy atom. The molecule has 0 aliphatic carbocycles. The van der Waals surface area contributed by atoms with E-state index < -0.39 is 30.4 Å². The standard InChI is InChI=1S/C12H12F3N3O2/c1-7-2-4-8(5-3-7)10(16)18(11(17)20)6-9(19)12(13,14)15/h2-5,16H,6H2,1H3,(H2,17,20). The number of urea groups is 1. The van der Waals surface area contributed by atoms with Crippen molar-refractivity contribution < 1.29 is 22.8 Å². The Bertz CT molecular complexity index is 538. The molecule has 3 N–H and O–H groups in total. The van der Waals surface area contributed by atoms with Gasteiger partial charge in [0.15, 0.2) is 0 Å². The fraction of sp³-hybridized carbons (Fsp3) is 0.250. The fourth-order valence-electron chi connectivity index (χ4n) is 1.37. The Balaban J connectivity index is 2.97. The summed E-state index contributed by atoms with van der Waals surface area (Å²) >= 11 is 0. The number of amides is 2. The van der Waals surface area contributed by atoms with E-state index in [1.807, 2.05) is 0 Å². The van der Waals surface area contributed by atoms with Crippen LogP contribution in [0.5, 0.6) is 0 Å². The molecule has 0 aromatic heterocycles. The van der Waals surface area contributed by atoms with E-state index in [0.717, 1.165) is 5.56 Å². The van der Waals surface area contributed by atoms with Crippen molar-refractivity contribution in [3.05, 3.63) is 35.4 Å². The first kappa shape index (κ1) is 15.7. The number of rotatable bonds is 3. The quantitative estimate of drug-likeness (QED) is 0.656. The largest absolute Gasteiger partial charge is 0.451 e. The lowest BCUT2D eigenvalue weighted by molar-refractivity contribution is -0.170. The van der Waals surface area contributed by atoms with E-state index in [2.05, 4.69) is 0 Å². The summed E-state index contributed by atoms with van der Waals surface area (Å²) in [6.45, 7) is 0.470. The maximum absolute atomic E-state index is 12.2. The van der Waals surface area contributed by atoms with Gasteiger partial charge < -0.3 is 5.73 Å². The van der Waals surface area contributed by atoms with Crippen LogP contribution in [0.2, 0.25) is 0 Å². The van der Waals surface area contributed by atoms with E-state index in [1.54, 1.807) is 19.1 Å². The van der Waals surface area contributed by atoms with Crippen molar-refractivity contribution >= 4 is 17.6 Å². The Morgan fingerprint density at radius 2 is 1.75 bits per heavy atom. The molecule has 0 fully saturated rings. The van der Waals surface area contributed by atoms with Gasteiger partial charge in [-0.25, -0.2) is 4.79 Å². The van der Waals surface area contributed by atoms with E-state index in [1.165, 1.54) is 12.1 Å². The zero-order valence-corrected chi connectivity index (χ0v) is 10.5. The van der Waals surface area contributed by atoms with Gasteiger partial charge in [0.1, 0.15) is 5.84 Å². The number of Topliss-reactive ketones (excluding diaryl/α,β-unsaturated/α-hetero) is 1. The highest BCUT2D eigenvalue weighted by molar-refractivity contribution is 6.08. The highest BCUT2D eigenvalue weighted by atomic mass is 19.4. The molecular weight excluding hydrogens is 275 g/mol. The van der Waals surface area contributed by atoms with Crippen LogP contribution in [0, 0.1) is 12.3 Å². The van der Waals surface area contributed by atoms with Crippen LogP contribution in [-0.4, -0.2) is 35.3 Å². The van der Waals surface area contributed by atoms with Gasteiger partial charge in [0.25, 0.3) is 5.78 Å². The number of nitrogens with two attached hydrogens (primary N) is 1. The summed E-state index contributed by atoms with van der Waals surface area (Å²) in [7, 11) is 0. The van der Waals surface area contributed by atoms with Crippen LogP contribution in [0.25, 0.3) is 0 Å². The van der Waals surface area contributed by atoms with E-state index >= 15 is 0 Å². The second-order valence-electron chi connectivity index (χ2n) is 4.06. The first-order chi connectivity index (χ1) is 9.12. The zero-order valence-electron chi connectivity index (χ0n) is 10.5. The molecule has 0 aliphatic heterocycles. The van der Waals surface area contributed by atoms with Gasteiger partial charge in [-0.1, -0.05) is 29.8 Å². The lowest BCUT2D eigenvalue weighted by Gasteiger charge is -2.21. The van der Waals surface area contributed by atoms with Crippen LogP contribution in [0.1, 0.15) is 11.1 Å². The molecule has 1 rings (SSSR count). The summed E-state index contributed by atoms with van der Waals surface area (Å²) in [6.07, 6.45) is -5.08. The van der Waals surface area contributed by atoms with Crippen molar-refractivity contribution in [2.24, 2.45) is 5.73 Å². The smallest absolute Gasteiger partial charge is 0.351 e. The molecule has 8 heteroatoms. The summed E-state index contributed by atoms with van der Waals surface area (Å²) in [5, 5.41) is 7.69. The molecule has 1 aromatic rings. The van der Waals surface area contributed by atoms with E-state index in [9.17, 15) is 22.8 Å². The second-order valence-corrected chi connectivity index (χ2v) is 4.06. The third kappa shape index (κ3) is 3.81. The van der Waals surface area contributed by atoms with Crippen LogP contribution in [-0.2, 0) is 4.79 Å². The fourth-order valence-corrected chi connectivity index (χ4v) is 1.37. The van der Waals surface area contributed by atoms with Crippen molar-refractivity contribution in [3.8, 4) is 0 Å². The van der Waals surface area contributed by atoms with E-state index in [4.69, 9.17) is 11.1 Å². The first-order valence-electron chi connectivity index (χ1n) is 5.45. The highest BCUT2D eigenvalue weighted by Crippen LogP contribution is 2.17. The zero-order chi connectivity index (χ0) is 15.5. The molecule has 0 spiro atoms. The van der Waals surface area contributed by atoms with Crippen LogP contribution in [0.3, 0.4) is 0 Å². The number of hydrogen-bond acceptors (Lipinski definition) is 3. The molecule has 5 nitrogen and oxygen atoms in total. The van der Waals surface area contributed by atoms with Gasteiger partial charge in [-0.05, 0) is 6.92 Å². The van der Waals surface area contributed by atoms with Crippen LogP contribution < -0.4 is 5.73 Å². The molecule has 1 aromatic carbocycles. The molecule has 0 heterocycles. The van der Waals surface area contributed by atoms with Gasteiger partial charge in [0.05, 0.1) is 6.54 Å². The molecule has 0 aliphatic rings. The third-order valence-corrected chi connectivity index (χ3v) is 2.48. The molecule has 0 radical (unpaired) electrons. The number of benzene rings is 1. The normalized spacial score (nSPS) is 11.0. The molecule has 0 unspecified atom stereocenters. The van der Waals surface area contributed by atoms with E-state index in [-0.39, 0.29) is 10.5 Å². The topological polar surface area (TPSA) is 87.2 Å². The molecule has 0 atom stereocenters. The Morgan fingerprint density at radius 3 is 2.15 bits per heavy atom. The SMILES string of the molecule is Cc1ccc(C(=N)N(CC(=O)C(F)(F)F)C(N)=O)cc1. The van der Waals surface area contributed by atoms with Gasteiger partial charge >= 0.3 is 12.2 Å². The molecule has 2 amide bonds. The minimum atomic E-state index is -5.08. The predicted molar refractivity (Wildman–Crippen MR) is 65.4 cm³/mol. The van der Waals surface area contributed by atoms with Crippen molar-refractivity contribution in [3.63, 3.8) is 0 Å². The van der Waals surface area contributed by atoms with Gasteiger partial charge in [0, 0.05) is 5.56 Å². The number of hydrogen-bond donors (Lipinski definition) is 2. The van der Waals surface area contributed by atoms with Gasteiger partial charge in [0.2, 0.25) is 0 Å². The van der Waals surface area contributed by atoms with E-state index in [0.29, 0.717) is 0 Å². The summed E-state index contributed by atoms with van der Waals surface area (Å²) in [5.74, 6) is -2.71. The predicted octanol–water partition coefficient (Wildman–Crippen LogP) is 1.83. The average Bonchev–Trinajstić information content (AvgIpc) is 2.34. The maximum Gasteiger partial charge on any atom is 0.451 e. The number of carbonyl (C=O) groups excluding carboxylic acids is 2. The molecular formula is C12H12F3N3O2. The molecule has 20 heavy (non-hydrogen) atoms. The van der Waals surface area contributed by atoms with Gasteiger partial charge in [-0.15, -0.1) is 0 Å². The first-order valence-corrected chi connectivity index (χ1v) is 5.45. The number of carbonyl (C=O) groups is 2. The van der Waals surface area contributed by atoms with Gasteiger partial charge in [-0.2, -0.15) is 13.2 Å². The van der Waals surface area contributed by atoms with Crippen LogP contribution in [0.4, 0.5) is 18.0 Å². The van der Waals surface area contributed by atoms with Crippen LogP contribution in [0.15, 0.2) is 24.3 Å². The molecule has 108 valence electrons. The third-order valence-electron chi connectivity index (χ3n) is 2.48.